The largest absolute Gasteiger partial charge is 0.495 e. The van der Waals surface area contributed by atoms with Crippen LogP contribution in [-0.4, -0.2) is 71.8 Å². The molecule has 1 unspecified atom stereocenters. The van der Waals surface area contributed by atoms with E-state index >= 15 is 0 Å². The summed E-state index contributed by atoms with van der Waals surface area (Å²) in [4.78, 5) is 47.2. The first-order valence-corrected chi connectivity index (χ1v) is 11.4. The molecule has 3 aliphatic heterocycles. The molecule has 1 aromatic heterocycles. The molecule has 0 saturated carbocycles. The number of halogens is 1. The summed E-state index contributed by atoms with van der Waals surface area (Å²) in [7, 11) is 1.63. The summed E-state index contributed by atoms with van der Waals surface area (Å²) in [6, 6.07) is 5.72. The molecule has 2 fully saturated rings. The van der Waals surface area contributed by atoms with E-state index in [-0.39, 0.29) is 31.2 Å². The van der Waals surface area contributed by atoms with Gasteiger partial charge in [0.05, 0.1) is 12.8 Å². The molecule has 4 heterocycles. The number of methoxy groups -OCH3 is 1. The lowest BCUT2D eigenvalue weighted by molar-refractivity contribution is -0.136. The van der Waals surface area contributed by atoms with Crippen molar-refractivity contribution in [2.24, 2.45) is 0 Å². The summed E-state index contributed by atoms with van der Waals surface area (Å²) in [5.74, 6) is -0.907. The molecule has 1 N–H and O–H groups in total. The van der Waals surface area contributed by atoms with Gasteiger partial charge >= 0.3 is 0 Å². The van der Waals surface area contributed by atoms with E-state index in [0.717, 1.165) is 30.1 Å². The van der Waals surface area contributed by atoms with Gasteiger partial charge in [-0.1, -0.05) is 0 Å². The number of carbonyl (C=O) groups is 3. The highest BCUT2D eigenvalue weighted by atomic mass is 19.1. The van der Waals surface area contributed by atoms with Crippen LogP contribution in [0.4, 0.5) is 10.1 Å². The van der Waals surface area contributed by atoms with Crippen LogP contribution in [0, 0.1) is 5.82 Å². The number of hydrogen-bond donors (Lipinski definition) is 1. The maximum Gasteiger partial charge on any atom is 0.255 e. The van der Waals surface area contributed by atoms with Gasteiger partial charge in [0.2, 0.25) is 11.8 Å². The molecule has 178 valence electrons. The number of ether oxygens (including phenoxy) is 1. The molecule has 3 aliphatic rings. The van der Waals surface area contributed by atoms with Crippen molar-refractivity contribution in [1.82, 2.24) is 20.1 Å². The highest BCUT2D eigenvalue weighted by Gasteiger charge is 2.41. The number of anilines is 1. The lowest BCUT2D eigenvalue weighted by Crippen LogP contribution is -2.52. The molecule has 1 atom stereocenters. The number of piperidine rings is 1. The second-order valence-corrected chi connectivity index (χ2v) is 8.77. The minimum Gasteiger partial charge on any atom is -0.495 e. The third-order valence-electron chi connectivity index (χ3n) is 6.75. The molecule has 34 heavy (non-hydrogen) atoms. The molecular formula is C24H26FN5O4. The van der Waals surface area contributed by atoms with Crippen LogP contribution in [-0.2, 0) is 22.7 Å². The smallest absolute Gasteiger partial charge is 0.255 e. The molecule has 0 bridgehead atoms. The van der Waals surface area contributed by atoms with E-state index in [1.165, 1.54) is 17.0 Å². The number of amides is 3. The molecular weight excluding hydrogens is 441 g/mol. The number of piperazine rings is 1. The fourth-order valence-electron chi connectivity index (χ4n) is 4.98. The quantitative estimate of drug-likeness (QED) is 0.663. The van der Waals surface area contributed by atoms with Crippen molar-refractivity contribution in [1.29, 1.82) is 0 Å². The van der Waals surface area contributed by atoms with Gasteiger partial charge in [-0.05, 0) is 30.7 Å². The maximum absolute atomic E-state index is 14.5. The van der Waals surface area contributed by atoms with Gasteiger partial charge in [-0.25, -0.2) is 4.39 Å². The lowest BCUT2D eigenvalue weighted by atomic mass is 10.0. The van der Waals surface area contributed by atoms with E-state index in [9.17, 15) is 18.8 Å². The van der Waals surface area contributed by atoms with E-state index < -0.39 is 17.8 Å². The Morgan fingerprint density at radius 1 is 1.18 bits per heavy atom. The molecule has 0 spiro atoms. The highest BCUT2D eigenvalue weighted by molar-refractivity contribution is 6.06. The standard InChI is InChI=1S/C24H26FN5O4/c1-34-21-3-2-6-26-18(21)14-28-7-9-29(10-8-28)20-12-15(25)11-16-17(20)13-30(24(16)33)19-4-5-22(31)27-23(19)32/h2-3,6,11-12,19H,4-5,7-10,13-14H2,1H3,(H,27,31,32). The lowest BCUT2D eigenvalue weighted by Gasteiger charge is -2.37. The fraction of sp³-hybridized carbons (Fsp3) is 0.417. The minimum absolute atomic E-state index is 0.181. The number of hydrogen-bond acceptors (Lipinski definition) is 7. The molecule has 5 rings (SSSR count). The topological polar surface area (TPSA) is 95.1 Å². The predicted molar refractivity (Wildman–Crippen MR) is 121 cm³/mol. The van der Waals surface area contributed by atoms with Gasteiger partial charge in [0, 0.05) is 68.7 Å². The summed E-state index contributed by atoms with van der Waals surface area (Å²) in [5.41, 5.74) is 2.58. The van der Waals surface area contributed by atoms with Crippen molar-refractivity contribution >= 4 is 23.4 Å². The second kappa shape index (κ2) is 9.02. The summed E-state index contributed by atoms with van der Waals surface area (Å²) >= 11 is 0. The second-order valence-electron chi connectivity index (χ2n) is 8.77. The first kappa shape index (κ1) is 22.3. The molecule has 0 radical (unpaired) electrons. The Bertz CT molecular complexity index is 1150. The van der Waals surface area contributed by atoms with Gasteiger partial charge in [-0.3, -0.25) is 29.6 Å². The first-order valence-electron chi connectivity index (χ1n) is 11.4. The van der Waals surface area contributed by atoms with Gasteiger partial charge in [0.1, 0.15) is 17.6 Å². The van der Waals surface area contributed by atoms with Crippen molar-refractivity contribution in [2.75, 3.05) is 38.2 Å². The predicted octanol–water partition coefficient (Wildman–Crippen LogP) is 1.31. The van der Waals surface area contributed by atoms with Crippen LogP contribution < -0.4 is 15.0 Å². The molecule has 3 amide bonds. The average molecular weight is 468 g/mol. The van der Waals surface area contributed by atoms with Crippen molar-refractivity contribution in [2.45, 2.75) is 32.0 Å². The summed E-state index contributed by atoms with van der Waals surface area (Å²) < 4.78 is 19.9. The van der Waals surface area contributed by atoms with Crippen molar-refractivity contribution in [3.63, 3.8) is 0 Å². The monoisotopic (exact) mass is 467 g/mol. The zero-order valence-corrected chi connectivity index (χ0v) is 18.9. The van der Waals surface area contributed by atoms with E-state index in [1.54, 1.807) is 13.3 Å². The van der Waals surface area contributed by atoms with Gasteiger partial charge in [0.15, 0.2) is 0 Å². The number of nitrogens with one attached hydrogen (secondary N) is 1. The molecule has 1 aromatic carbocycles. The maximum atomic E-state index is 14.5. The number of rotatable bonds is 5. The molecule has 9 nitrogen and oxygen atoms in total. The number of benzene rings is 1. The summed E-state index contributed by atoms with van der Waals surface area (Å²) in [6.45, 7) is 3.70. The van der Waals surface area contributed by atoms with Crippen LogP contribution in [0.3, 0.4) is 0 Å². The van der Waals surface area contributed by atoms with Gasteiger partial charge in [0.25, 0.3) is 5.91 Å². The molecule has 10 heteroatoms. The molecule has 2 aromatic rings. The summed E-state index contributed by atoms with van der Waals surface area (Å²) in [5, 5.41) is 2.30. The van der Waals surface area contributed by atoms with E-state index in [0.29, 0.717) is 30.9 Å². The fourth-order valence-corrected chi connectivity index (χ4v) is 4.98. The summed E-state index contributed by atoms with van der Waals surface area (Å²) in [6.07, 6.45) is 2.20. The van der Waals surface area contributed by atoms with Gasteiger partial charge in [-0.2, -0.15) is 0 Å². The Morgan fingerprint density at radius 3 is 2.71 bits per heavy atom. The SMILES string of the molecule is COc1cccnc1CN1CCN(c2cc(F)cc3c2CN(C2CCC(=O)NC2=O)C3=O)CC1. The Labute approximate surface area is 196 Å². The van der Waals surface area contributed by atoms with Crippen LogP contribution in [0.5, 0.6) is 5.75 Å². The van der Waals surface area contributed by atoms with Gasteiger partial charge in [-0.15, -0.1) is 0 Å². The van der Waals surface area contributed by atoms with Crippen LogP contribution in [0.25, 0.3) is 0 Å². The van der Waals surface area contributed by atoms with Crippen molar-refractivity contribution in [3.05, 3.63) is 53.1 Å². The van der Waals surface area contributed by atoms with E-state index in [1.807, 2.05) is 12.1 Å². The third kappa shape index (κ3) is 4.09. The number of aromatic nitrogens is 1. The Balaban J connectivity index is 1.31. The average Bonchev–Trinajstić information content (AvgIpc) is 3.15. The first-order chi connectivity index (χ1) is 16.4. The molecule has 0 aliphatic carbocycles. The number of carbonyl (C=O) groups excluding carboxylic acids is 3. The zero-order chi connectivity index (χ0) is 23.8. The van der Waals surface area contributed by atoms with Crippen LogP contribution in [0.1, 0.15) is 34.5 Å². The zero-order valence-electron chi connectivity index (χ0n) is 18.9. The molecule has 2 saturated heterocycles. The number of imide groups is 1. The normalized spacial score (nSPS) is 21.0. The Kier molecular flexibility index (Phi) is 5.91. The Hall–Kier alpha value is -3.53. The van der Waals surface area contributed by atoms with Crippen LogP contribution in [0.2, 0.25) is 0 Å². The van der Waals surface area contributed by atoms with Gasteiger partial charge < -0.3 is 14.5 Å². The minimum atomic E-state index is -0.723. The van der Waals surface area contributed by atoms with Crippen LogP contribution in [0.15, 0.2) is 30.5 Å². The van der Waals surface area contributed by atoms with Crippen molar-refractivity contribution < 1.29 is 23.5 Å². The number of fused-ring (bicyclic) bond motifs is 1. The van der Waals surface area contributed by atoms with Crippen molar-refractivity contribution in [3.8, 4) is 5.75 Å². The van der Waals surface area contributed by atoms with Crippen LogP contribution >= 0.6 is 0 Å². The van der Waals surface area contributed by atoms with E-state index in [4.69, 9.17) is 4.74 Å². The number of pyridine rings is 1. The number of nitrogens with zero attached hydrogens (tertiary/aromatic N) is 4. The van der Waals surface area contributed by atoms with E-state index in [2.05, 4.69) is 20.1 Å². The Morgan fingerprint density at radius 2 is 1.97 bits per heavy atom. The third-order valence-corrected chi connectivity index (χ3v) is 6.75. The highest BCUT2D eigenvalue weighted by Crippen LogP contribution is 2.35.